The lowest BCUT2D eigenvalue weighted by molar-refractivity contribution is 0.309. The Morgan fingerprint density at radius 3 is 2.81 bits per heavy atom. The Morgan fingerprint density at radius 2 is 1.97 bits per heavy atom. The van der Waals surface area contributed by atoms with E-state index in [-0.39, 0.29) is 0 Å². The van der Waals surface area contributed by atoms with Gasteiger partial charge in [-0.1, -0.05) is 43.3 Å². The van der Waals surface area contributed by atoms with Crippen molar-refractivity contribution in [1.82, 2.24) is 14.9 Å². The van der Waals surface area contributed by atoms with Crippen LogP contribution in [0, 0.1) is 0 Å². The van der Waals surface area contributed by atoms with E-state index in [1.807, 2.05) is 48.5 Å². The standard InChI is InChI=1S/C23H20N4O3S/c1-2-3-12-29-17-10-8-15(9-11-17)21-24-25-23-27(21)26-19(14-31-23)18-13-16-6-4-5-7-20(16)30-22(18)28/h4-11,13H,2-3,12,14H2,1H3. The number of para-hydroxylation sites is 1. The van der Waals surface area contributed by atoms with Crippen LogP contribution in [0.1, 0.15) is 25.3 Å². The first-order chi connectivity index (χ1) is 15.2. The van der Waals surface area contributed by atoms with E-state index in [0.717, 1.165) is 29.5 Å². The maximum absolute atomic E-state index is 12.6. The quantitative estimate of drug-likeness (QED) is 0.327. The Hall–Kier alpha value is -3.39. The van der Waals surface area contributed by atoms with E-state index >= 15 is 0 Å². The van der Waals surface area contributed by atoms with Crippen molar-refractivity contribution in [2.45, 2.75) is 24.9 Å². The van der Waals surface area contributed by atoms with E-state index in [9.17, 15) is 4.79 Å². The van der Waals surface area contributed by atoms with Crippen LogP contribution >= 0.6 is 11.8 Å². The summed E-state index contributed by atoms with van der Waals surface area (Å²) in [6.45, 7) is 2.84. The molecule has 5 rings (SSSR count). The van der Waals surface area contributed by atoms with Crippen molar-refractivity contribution < 1.29 is 9.15 Å². The van der Waals surface area contributed by atoms with Gasteiger partial charge in [0.1, 0.15) is 11.3 Å². The summed E-state index contributed by atoms with van der Waals surface area (Å²) in [5, 5.41) is 14.8. The van der Waals surface area contributed by atoms with Crippen LogP contribution in [0.4, 0.5) is 0 Å². The van der Waals surface area contributed by atoms with E-state index in [0.29, 0.717) is 40.2 Å². The first-order valence-corrected chi connectivity index (χ1v) is 11.1. The third-order valence-corrected chi connectivity index (χ3v) is 5.93. The third-order valence-electron chi connectivity index (χ3n) is 5.00. The molecule has 0 amide bonds. The molecular formula is C23H20N4O3S. The average Bonchev–Trinajstić information content (AvgIpc) is 3.22. The second-order valence-electron chi connectivity index (χ2n) is 7.17. The number of nitrogens with zero attached hydrogens (tertiary/aromatic N) is 4. The lowest BCUT2D eigenvalue weighted by Gasteiger charge is -2.13. The monoisotopic (exact) mass is 432 g/mol. The fraction of sp³-hybridized carbons (Fsp3) is 0.217. The number of hydrogen-bond acceptors (Lipinski definition) is 7. The minimum absolute atomic E-state index is 0.398. The van der Waals surface area contributed by atoms with Crippen molar-refractivity contribution in [2.24, 2.45) is 5.10 Å². The van der Waals surface area contributed by atoms with Gasteiger partial charge in [0.2, 0.25) is 5.16 Å². The molecule has 0 spiro atoms. The number of unbranched alkanes of at least 4 members (excludes halogenated alkanes) is 1. The van der Waals surface area contributed by atoms with Gasteiger partial charge >= 0.3 is 5.63 Å². The smallest absolute Gasteiger partial charge is 0.345 e. The molecular weight excluding hydrogens is 412 g/mol. The number of benzene rings is 2. The summed E-state index contributed by atoms with van der Waals surface area (Å²) in [6.07, 6.45) is 2.12. The molecule has 4 aromatic rings. The minimum Gasteiger partial charge on any atom is -0.494 e. The van der Waals surface area contributed by atoms with Crippen LogP contribution in [-0.2, 0) is 0 Å². The highest BCUT2D eigenvalue weighted by atomic mass is 32.2. The number of rotatable bonds is 6. The van der Waals surface area contributed by atoms with Gasteiger partial charge in [0.15, 0.2) is 5.82 Å². The van der Waals surface area contributed by atoms with Crippen LogP contribution in [0.15, 0.2) is 74.1 Å². The second kappa shape index (κ2) is 8.39. The lowest BCUT2D eigenvalue weighted by atomic mass is 10.1. The van der Waals surface area contributed by atoms with Gasteiger partial charge in [-0.25, -0.2) is 4.79 Å². The maximum atomic E-state index is 12.6. The van der Waals surface area contributed by atoms with Gasteiger partial charge in [-0.05, 0) is 42.8 Å². The number of ether oxygens (including phenoxy) is 1. The normalized spacial score (nSPS) is 13.1. The molecule has 2 aromatic carbocycles. The first-order valence-electron chi connectivity index (χ1n) is 10.2. The molecule has 1 aliphatic rings. The first kappa shape index (κ1) is 19.6. The maximum Gasteiger partial charge on any atom is 0.345 e. The van der Waals surface area contributed by atoms with E-state index in [1.165, 1.54) is 11.8 Å². The van der Waals surface area contributed by atoms with Crippen molar-refractivity contribution in [3.8, 4) is 17.1 Å². The Morgan fingerprint density at radius 1 is 1.13 bits per heavy atom. The molecule has 31 heavy (non-hydrogen) atoms. The van der Waals surface area contributed by atoms with Crippen LogP contribution < -0.4 is 10.4 Å². The predicted octanol–water partition coefficient (Wildman–Crippen LogP) is 4.59. The zero-order valence-corrected chi connectivity index (χ0v) is 17.8. The molecule has 0 N–H and O–H groups in total. The zero-order valence-electron chi connectivity index (χ0n) is 16.9. The molecule has 1 aliphatic heterocycles. The number of aromatic nitrogens is 3. The van der Waals surface area contributed by atoms with E-state index < -0.39 is 5.63 Å². The van der Waals surface area contributed by atoms with Crippen LogP contribution in [0.25, 0.3) is 22.4 Å². The van der Waals surface area contributed by atoms with Crippen molar-refractivity contribution in [1.29, 1.82) is 0 Å². The molecule has 0 fully saturated rings. The van der Waals surface area contributed by atoms with Crippen molar-refractivity contribution >= 4 is 28.4 Å². The summed E-state index contributed by atoms with van der Waals surface area (Å²) in [4.78, 5) is 12.6. The minimum atomic E-state index is -0.398. The van der Waals surface area contributed by atoms with Crippen LogP contribution in [0.5, 0.6) is 5.75 Å². The van der Waals surface area contributed by atoms with Crippen LogP contribution in [0.3, 0.4) is 0 Å². The Labute approximate surface area is 182 Å². The van der Waals surface area contributed by atoms with Gasteiger partial charge in [-0.2, -0.15) is 9.78 Å². The SMILES string of the molecule is CCCCOc1ccc(-c2nnc3n2N=C(c2cc4ccccc4oc2=O)CS3)cc1. The summed E-state index contributed by atoms with van der Waals surface area (Å²) < 4.78 is 12.9. The molecule has 156 valence electrons. The zero-order chi connectivity index (χ0) is 21.2. The second-order valence-corrected chi connectivity index (χ2v) is 8.11. The molecule has 7 nitrogen and oxygen atoms in total. The molecule has 0 unspecified atom stereocenters. The van der Waals surface area contributed by atoms with E-state index in [4.69, 9.17) is 14.3 Å². The van der Waals surface area contributed by atoms with Crippen molar-refractivity contribution in [2.75, 3.05) is 12.4 Å². The molecule has 0 saturated carbocycles. The summed E-state index contributed by atoms with van der Waals surface area (Å²) in [7, 11) is 0. The lowest BCUT2D eigenvalue weighted by Crippen LogP contribution is -2.20. The van der Waals surface area contributed by atoms with Gasteiger partial charge in [0.05, 0.1) is 17.9 Å². The number of thioether (sulfide) groups is 1. The Kier molecular flexibility index (Phi) is 5.30. The molecule has 2 aromatic heterocycles. The summed E-state index contributed by atoms with van der Waals surface area (Å²) in [6, 6.07) is 17.0. The molecule has 8 heteroatoms. The summed E-state index contributed by atoms with van der Waals surface area (Å²) in [5.74, 6) is 1.96. The summed E-state index contributed by atoms with van der Waals surface area (Å²) >= 11 is 1.49. The molecule has 0 radical (unpaired) electrons. The highest BCUT2D eigenvalue weighted by molar-refractivity contribution is 7.99. The van der Waals surface area contributed by atoms with Gasteiger partial charge in [-0.3, -0.25) is 0 Å². The average molecular weight is 433 g/mol. The predicted molar refractivity (Wildman–Crippen MR) is 121 cm³/mol. The van der Waals surface area contributed by atoms with Gasteiger partial charge in [0.25, 0.3) is 0 Å². The third kappa shape index (κ3) is 3.86. The molecule has 0 aliphatic carbocycles. The number of fused-ring (bicyclic) bond motifs is 2. The van der Waals surface area contributed by atoms with Gasteiger partial charge in [0, 0.05) is 16.7 Å². The fourth-order valence-electron chi connectivity index (χ4n) is 3.34. The highest BCUT2D eigenvalue weighted by Gasteiger charge is 2.23. The molecule has 3 heterocycles. The highest BCUT2D eigenvalue weighted by Crippen LogP contribution is 2.29. The largest absolute Gasteiger partial charge is 0.494 e. The van der Waals surface area contributed by atoms with Crippen molar-refractivity contribution in [3.63, 3.8) is 0 Å². The van der Waals surface area contributed by atoms with Gasteiger partial charge in [-0.15, -0.1) is 10.2 Å². The molecule has 0 bridgehead atoms. The van der Waals surface area contributed by atoms with Crippen LogP contribution in [-0.4, -0.2) is 32.9 Å². The molecule has 0 saturated heterocycles. The fourth-order valence-corrected chi connectivity index (χ4v) is 4.16. The van der Waals surface area contributed by atoms with Gasteiger partial charge < -0.3 is 9.15 Å². The Bertz CT molecular complexity index is 1320. The summed E-state index contributed by atoms with van der Waals surface area (Å²) in [5.41, 5.74) is 2.13. The van der Waals surface area contributed by atoms with Crippen molar-refractivity contribution in [3.05, 3.63) is 70.6 Å². The Balaban J connectivity index is 1.49. The molecule has 0 atom stereocenters. The topological polar surface area (TPSA) is 82.5 Å². The number of hydrogen-bond donors (Lipinski definition) is 0. The van der Waals surface area contributed by atoms with Crippen LogP contribution in [0.2, 0.25) is 0 Å². The van der Waals surface area contributed by atoms with E-state index in [1.54, 1.807) is 10.7 Å². The van der Waals surface area contributed by atoms with E-state index in [2.05, 4.69) is 17.1 Å².